The largest absolute Gasteiger partial charge is 0.484 e. The van der Waals surface area contributed by atoms with E-state index in [1.165, 1.54) is 17.7 Å². The predicted octanol–water partition coefficient (Wildman–Crippen LogP) is 4.15. The molecule has 0 unspecified atom stereocenters. The number of aryl methyl sites for hydroxylation is 1. The van der Waals surface area contributed by atoms with Gasteiger partial charge in [-0.3, -0.25) is 10.1 Å². The molecule has 6 heteroatoms. The molecule has 2 N–H and O–H groups in total. The molecule has 0 atom stereocenters. The van der Waals surface area contributed by atoms with Crippen LogP contribution in [0.15, 0.2) is 42.5 Å². The lowest BCUT2D eigenvalue weighted by molar-refractivity contribution is -0.121. The number of ether oxygens (including phenoxy) is 1. The summed E-state index contributed by atoms with van der Waals surface area (Å²) in [6, 6.07) is 11.8. The first-order valence-corrected chi connectivity index (χ1v) is 8.36. The Balaban J connectivity index is 1.85. The van der Waals surface area contributed by atoms with E-state index < -0.39 is 11.7 Å². The monoisotopic (exact) mass is 360 g/mol. The van der Waals surface area contributed by atoms with E-state index in [0.717, 1.165) is 5.56 Å². The summed E-state index contributed by atoms with van der Waals surface area (Å²) in [6.07, 6.45) is 0. The van der Waals surface area contributed by atoms with Crippen LogP contribution in [0.4, 0.5) is 10.1 Å². The fourth-order valence-electron chi connectivity index (χ4n) is 2.41. The molecule has 0 spiro atoms. The van der Waals surface area contributed by atoms with Crippen LogP contribution in [0.3, 0.4) is 0 Å². The Labute approximate surface area is 152 Å². The van der Waals surface area contributed by atoms with E-state index >= 15 is 0 Å². The topological polar surface area (TPSA) is 50.4 Å². The van der Waals surface area contributed by atoms with E-state index in [9.17, 15) is 9.18 Å². The standard InChI is InChI=1S/C19H21FN2O2S/c1-12(2)15-9-8-14(10-13(15)3)24-11-18(23)22-19(25)21-17-7-5-4-6-16(17)20/h4-10,12H,11H2,1-3H3,(H2,21,22,23,25). The Hall–Kier alpha value is -2.47. The van der Waals surface area contributed by atoms with Crippen molar-refractivity contribution in [2.45, 2.75) is 26.7 Å². The summed E-state index contributed by atoms with van der Waals surface area (Å²) >= 11 is 5.00. The Morgan fingerprint density at radius 3 is 2.60 bits per heavy atom. The number of benzene rings is 2. The zero-order valence-electron chi connectivity index (χ0n) is 14.4. The summed E-state index contributed by atoms with van der Waals surface area (Å²) in [7, 11) is 0. The van der Waals surface area contributed by atoms with Crippen molar-refractivity contribution in [2.24, 2.45) is 0 Å². The first kappa shape index (κ1) is 18.9. The van der Waals surface area contributed by atoms with Crippen molar-refractivity contribution >= 4 is 28.9 Å². The maximum atomic E-state index is 13.5. The lowest BCUT2D eigenvalue weighted by Crippen LogP contribution is -2.37. The van der Waals surface area contributed by atoms with Crippen LogP contribution < -0.4 is 15.4 Å². The number of thiocarbonyl (C=S) groups is 1. The minimum absolute atomic E-state index is 0.0186. The van der Waals surface area contributed by atoms with E-state index in [2.05, 4.69) is 24.5 Å². The third-order valence-corrected chi connectivity index (χ3v) is 3.81. The average molecular weight is 360 g/mol. The number of carbonyl (C=O) groups is 1. The molecule has 2 aromatic carbocycles. The molecule has 1 amide bonds. The van der Waals surface area contributed by atoms with Gasteiger partial charge in [-0.2, -0.15) is 0 Å². The van der Waals surface area contributed by atoms with Crippen molar-refractivity contribution in [1.82, 2.24) is 5.32 Å². The highest BCUT2D eigenvalue weighted by molar-refractivity contribution is 7.80. The highest BCUT2D eigenvalue weighted by Gasteiger charge is 2.09. The van der Waals surface area contributed by atoms with E-state index in [1.807, 2.05) is 25.1 Å². The zero-order chi connectivity index (χ0) is 18.4. The third-order valence-electron chi connectivity index (χ3n) is 3.61. The van der Waals surface area contributed by atoms with Gasteiger partial charge in [0.1, 0.15) is 11.6 Å². The number of halogens is 1. The Morgan fingerprint density at radius 2 is 1.96 bits per heavy atom. The zero-order valence-corrected chi connectivity index (χ0v) is 15.2. The lowest BCUT2D eigenvalue weighted by atomic mass is 9.98. The van der Waals surface area contributed by atoms with E-state index in [-0.39, 0.29) is 17.4 Å². The van der Waals surface area contributed by atoms with Gasteiger partial charge in [0.05, 0.1) is 5.69 Å². The first-order chi connectivity index (χ1) is 11.9. The minimum atomic E-state index is -0.448. The molecule has 0 aliphatic rings. The molecule has 2 aromatic rings. The SMILES string of the molecule is Cc1cc(OCC(=O)NC(=S)Nc2ccccc2F)ccc1C(C)C. The molecule has 0 aliphatic heterocycles. The van der Waals surface area contributed by atoms with Crippen LogP contribution in [0.1, 0.15) is 30.9 Å². The van der Waals surface area contributed by atoms with Crippen LogP contribution in [0.2, 0.25) is 0 Å². The molecular weight excluding hydrogens is 339 g/mol. The van der Waals surface area contributed by atoms with Crippen LogP contribution in [0, 0.1) is 12.7 Å². The highest BCUT2D eigenvalue weighted by atomic mass is 32.1. The van der Waals surface area contributed by atoms with Gasteiger partial charge in [0.25, 0.3) is 5.91 Å². The second-order valence-corrected chi connectivity index (χ2v) is 6.35. The summed E-state index contributed by atoms with van der Waals surface area (Å²) in [6.45, 7) is 6.08. The number of amides is 1. The van der Waals surface area contributed by atoms with Crippen molar-refractivity contribution in [3.8, 4) is 5.75 Å². The highest BCUT2D eigenvalue weighted by Crippen LogP contribution is 2.23. The molecule has 0 bridgehead atoms. The van der Waals surface area contributed by atoms with Crippen LogP contribution in [-0.4, -0.2) is 17.6 Å². The normalized spacial score (nSPS) is 10.4. The molecule has 0 fully saturated rings. The van der Waals surface area contributed by atoms with Gasteiger partial charge in [-0.1, -0.05) is 32.0 Å². The average Bonchev–Trinajstić information content (AvgIpc) is 2.54. The van der Waals surface area contributed by atoms with E-state index in [0.29, 0.717) is 11.7 Å². The number of hydrogen-bond acceptors (Lipinski definition) is 3. The van der Waals surface area contributed by atoms with Gasteiger partial charge >= 0.3 is 0 Å². The molecule has 25 heavy (non-hydrogen) atoms. The van der Waals surface area contributed by atoms with Gasteiger partial charge in [0.2, 0.25) is 0 Å². The summed E-state index contributed by atoms with van der Waals surface area (Å²) in [5, 5.41) is 5.12. The van der Waals surface area contributed by atoms with E-state index in [4.69, 9.17) is 17.0 Å². The molecule has 132 valence electrons. The maximum absolute atomic E-state index is 13.5. The van der Waals surface area contributed by atoms with Gasteiger partial charge in [-0.05, 0) is 60.5 Å². The van der Waals surface area contributed by atoms with Crippen molar-refractivity contribution in [3.63, 3.8) is 0 Å². The molecule has 0 saturated heterocycles. The van der Waals surface area contributed by atoms with Crippen molar-refractivity contribution < 1.29 is 13.9 Å². The molecule has 0 radical (unpaired) electrons. The second kappa shape index (κ2) is 8.58. The summed E-state index contributed by atoms with van der Waals surface area (Å²) in [4.78, 5) is 11.9. The quantitative estimate of drug-likeness (QED) is 0.787. The third kappa shape index (κ3) is 5.53. The van der Waals surface area contributed by atoms with Gasteiger partial charge in [-0.15, -0.1) is 0 Å². The molecule has 0 aliphatic carbocycles. The van der Waals surface area contributed by atoms with Crippen molar-refractivity contribution in [3.05, 3.63) is 59.4 Å². The Morgan fingerprint density at radius 1 is 1.24 bits per heavy atom. The van der Waals surface area contributed by atoms with Gasteiger partial charge < -0.3 is 10.1 Å². The summed E-state index contributed by atoms with van der Waals surface area (Å²) in [5.74, 6) is 0.180. The number of carbonyl (C=O) groups excluding carboxylic acids is 1. The number of para-hydroxylation sites is 1. The number of hydrogen-bond donors (Lipinski definition) is 2. The van der Waals surface area contributed by atoms with E-state index in [1.54, 1.807) is 12.1 Å². The van der Waals surface area contributed by atoms with Crippen molar-refractivity contribution in [1.29, 1.82) is 0 Å². The van der Waals surface area contributed by atoms with Gasteiger partial charge in [0.15, 0.2) is 11.7 Å². The summed E-state index contributed by atoms with van der Waals surface area (Å²) in [5.41, 5.74) is 2.56. The fourth-order valence-corrected chi connectivity index (χ4v) is 2.64. The fraction of sp³-hybridized carbons (Fsp3) is 0.263. The molecule has 2 rings (SSSR count). The molecular formula is C19H21FN2O2S. The van der Waals surface area contributed by atoms with Crippen LogP contribution >= 0.6 is 12.2 Å². The molecule has 4 nitrogen and oxygen atoms in total. The smallest absolute Gasteiger partial charge is 0.264 e. The minimum Gasteiger partial charge on any atom is -0.484 e. The van der Waals surface area contributed by atoms with Crippen LogP contribution in [-0.2, 0) is 4.79 Å². The second-order valence-electron chi connectivity index (χ2n) is 5.94. The van der Waals surface area contributed by atoms with Crippen LogP contribution in [0.5, 0.6) is 5.75 Å². The van der Waals surface area contributed by atoms with Gasteiger partial charge in [-0.25, -0.2) is 4.39 Å². The van der Waals surface area contributed by atoms with Crippen molar-refractivity contribution in [2.75, 3.05) is 11.9 Å². The number of rotatable bonds is 5. The predicted molar refractivity (Wildman–Crippen MR) is 102 cm³/mol. The number of anilines is 1. The Bertz CT molecular complexity index is 778. The number of nitrogens with one attached hydrogen (secondary N) is 2. The maximum Gasteiger partial charge on any atom is 0.264 e. The molecule has 0 saturated carbocycles. The lowest BCUT2D eigenvalue weighted by Gasteiger charge is -2.13. The first-order valence-electron chi connectivity index (χ1n) is 7.95. The van der Waals surface area contributed by atoms with Crippen LogP contribution in [0.25, 0.3) is 0 Å². The summed E-state index contributed by atoms with van der Waals surface area (Å²) < 4.78 is 19.0. The molecule has 0 aromatic heterocycles. The Kier molecular flexibility index (Phi) is 6.47. The van der Waals surface area contributed by atoms with Gasteiger partial charge in [0, 0.05) is 0 Å². The molecule has 0 heterocycles.